The molecule has 0 atom stereocenters. The van der Waals surface area contributed by atoms with E-state index in [1.807, 2.05) is 6.07 Å². The Morgan fingerprint density at radius 1 is 1.14 bits per heavy atom. The Balaban J connectivity index is 1.64. The molecule has 0 radical (unpaired) electrons. The maximum atomic E-state index is 11.4. The van der Waals surface area contributed by atoms with E-state index in [4.69, 9.17) is 5.73 Å². The number of fused-ring (bicyclic) bond motifs is 1. The Labute approximate surface area is 164 Å². The standard InChI is InChI=1S/C21H24N4O2S/c1-28(26,27)24-19-10-8-15(12-23-19)21-20(22)17-9-7-14(13-5-6-13)11-18(17)25(21)16-3-2-4-16/h7-13,16H,2-6,22H2,1H3,(H,23,24). The van der Waals surface area contributed by atoms with E-state index in [9.17, 15) is 8.42 Å². The van der Waals surface area contributed by atoms with E-state index in [0.717, 1.165) is 41.4 Å². The third kappa shape index (κ3) is 3.03. The number of aromatic nitrogens is 2. The maximum absolute atomic E-state index is 11.4. The minimum Gasteiger partial charge on any atom is -0.396 e. The SMILES string of the molecule is CS(=O)(=O)Nc1ccc(-c2c(N)c3ccc(C4CC4)cc3n2C2CCC2)cn1. The molecule has 0 unspecified atom stereocenters. The topological polar surface area (TPSA) is 90.0 Å². The van der Waals surface area contributed by atoms with Crippen LogP contribution < -0.4 is 10.5 Å². The van der Waals surface area contributed by atoms with Crippen molar-refractivity contribution >= 4 is 32.4 Å². The van der Waals surface area contributed by atoms with Gasteiger partial charge in [0.1, 0.15) is 5.82 Å². The lowest BCUT2D eigenvalue weighted by atomic mass is 9.92. The highest BCUT2D eigenvalue weighted by atomic mass is 32.2. The number of nitrogens with zero attached hydrogens (tertiary/aromatic N) is 2. The van der Waals surface area contributed by atoms with Crippen molar-refractivity contribution in [1.29, 1.82) is 0 Å². The number of rotatable bonds is 5. The van der Waals surface area contributed by atoms with Crippen molar-refractivity contribution in [2.75, 3.05) is 16.7 Å². The highest BCUT2D eigenvalue weighted by Gasteiger charge is 2.29. The molecule has 2 saturated carbocycles. The molecule has 3 N–H and O–H groups in total. The van der Waals surface area contributed by atoms with Crippen LogP contribution in [0.15, 0.2) is 36.5 Å². The Morgan fingerprint density at radius 2 is 1.93 bits per heavy atom. The van der Waals surface area contributed by atoms with Gasteiger partial charge in [0.2, 0.25) is 10.0 Å². The fourth-order valence-electron chi connectivity index (χ4n) is 4.13. The fraction of sp³-hybridized carbons (Fsp3) is 0.381. The summed E-state index contributed by atoms with van der Waals surface area (Å²) in [6.45, 7) is 0. The van der Waals surface area contributed by atoms with Crippen molar-refractivity contribution < 1.29 is 8.42 Å². The number of nitrogen functional groups attached to an aromatic ring is 1. The van der Waals surface area contributed by atoms with Gasteiger partial charge in [0, 0.05) is 23.2 Å². The lowest BCUT2D eigenvalue weighted by molar-refractivity contribution is 0.324. The van der Waals surface area contributed by atoms with Gasteiger partial charge in [0.15, 0.2) is 0 Å². The first-order chi connectivity index (χ1) is 13.4. The molecule has 0 amide bonds. The second-order valence-electron chi connectivity index (χ2n) is 8.07. The third-order valence-corrected chi connectivity index (χ3v) is 6.46. The van der Waals surface area contributed by atoms with Crippen molar-refractivity contribution in [3.05, 3.63) is 42.1 Å². The molecule has 146 valence electrons. The van der Waals surface area contributed by atoms with E-state index in [1.54, 1.807) is 12.3 Å². The number of nitrogens with one attached hydrogen (secondary N) is 1. The van der Waals surface area contributed by atoms with Crippen LogP contribution in [0.25, 0.3) is 22.2 Å². The summed E-state index contributed by atoms with van der Waals surface area (Å²) in [4.78, 5) is 4.29. The third-order valence-electron chi connectivity index (χ3n) is 5.88. The van der Waals surface area contributed by atoms with Crippen molar-refractivity contribution in [2.24, 2.45) is 0 Å². The fourth-order valence-corrected chi connectivity index (χ4v) is 4.63. The molecule has 0 bridgehead atoms. The van der Waals surface area contributed by atoms with E-state index < -0.39 is 10.0 Å². The highest BCUT2D eigenvalue weighted by Crippen LogP contribution is 2.46. The number of pyridine rings is 1. The van der Waals surface area contributed by atoms with E-state index in [0.29, 0.717) is 17.8 Å². The molecule has 2 aliphatic carbocycles. The van der Waals surface area contributed by atoms with E-state index in [-0.39, 0.29) is 0 Å². The Morgan fingerprint density at radius 3 is 2.50 bits per heavy atom. The van der Waals surface area contributed by atoms with Gasteiger partial charge in [-0.25, -0.2) is 13.4 Å². The van der Waals surface area contributed by atoms with Gasteiger partial charge in [-0.2, -0.15) is 0 Å². The van der Waals surface area contributed by atoms with Crippen molar-refractivity contribution in [1.82, 2.24) is 9.55 Å². The second-order valence-corrected chi connectivity index (χ2v) is 9.82. The van der Waals surface area contributed by atoms with Crippen LogP contribution in [-0.2, 0) is 10.0 Å². The van der Waals surface area contributed by atoms with Gasteiger partial charge in [-0.15, -0.1) is 0 Å². The van der Waals surface area contributed by atoms with Crippen LogP contribution in [0.5, 0.6) is 0 Å². The molecule has 6 nitrogen and oxygen atoms in total. The zero-order valence-electron chi connectivity index (χ0n) is 15.9. The molecular formula is C21H24N4O2S. The number of sulfonamides is 1. The molecule has 0 saturated heterocycles. The first-order valence-corrected chi connectivity index (χ1v) is 11.7. The molecule has 2 aromatic heterocycles. The molecule has 3 aromatic rings. The average Bonchev–Trinajstić information content (AvgIpc) is 3.40. The molecule has 2 heterocycles. The monoisotopic (exact) mass is 396 g/mol. The van der Waals surface area contributed by atoms with Crippen LogP contribution in [0.3, 0.4) is 0 Å². The van der Waals surface area contributed by atoms with Crippen molar-refractivity contribution in [3.63, 3.8) is 0 Å². The maximum Gasteiger partial charge on any atom is 0.230 e. The summed E-state index contributed by atoms with van der Waals surface area (Å²) in [5, 5.41) is 1.09. The molecule has 0 aliphatic heterocycles. The van der Waals surface area contributed by atoms with Crippen LogP contribution in [0, 0.1) is 0 Å². The van der Waals surface area contributed by atoms with Crippen LogP contribution in [0.1, 0.15) is 49.6 Å². The summed E-state index contributed by atoms with van der Waals surface area (Å²) in [5.74, 6) is 1.01. The van der Waals surface area contributed by atoms with Crippen molar-refractivity contribution in [3.8, 4) is 11.3 Å². The van der Waals surface area contributed by atoms with Crippen molar-refractivity contribution in [2.45, 2.75) is 44.1 Å². The lowest BCUT2D eigenvalue weighted by Gasteiger charge is -2.30. The van der Waals surface area contributed by atoms with Gasteiger partial charge in [-0.1, -0.05) is 12.1 Å². The Hall–Kier alpha value is -2.54. The summed E-state index contributed by atoms with van der Waals surface area (Å²) >= 11 is 0. The molecule has 28 heavy (non-hydrogen) atoms. The minimum absolute atomic E-state index is 0.312. The summed E-state index contributed by atoms with van der Waals surface area (Å²) < 4.78 is 27.7. The van der Waals surface area contributed by atoms with E-state index in [2.05, 4.69) is 32.5 Å². The molecule has 2 aliphatic rings. The van der Waals surface area contributed by atoms with E-state index in [1.165, 1.54) is 30.3 Å². The first kappa shape index (κ1) is 17.6. The summed E-state index contributed by atoms with van der Waals surface area (Å²) in [6.07, 6.45) is 8.92. The smallest absolute Gasteiger partial charge is 0.230 e. The predicted octanol–water partition coefficient (Wildman–Crippen LogP) is 4.26. The van der Waals surface area contributed by atoms with Crippen LogP contribution in [-0.4, -0.2) is 24.2 Å². The number of benzene rings is 1. The van der Waals surface area contributed by atoms with Gasteiger partial charge < -0.3 is 10.3 Å². The largest absolute Gasteiger partial charge is 0.396 e. The van der Waals surface area contributed by atoms with Crippen LogP contribution >= 0.6 is 0 Å². The minimum atomic E-state index is -3.35. The van der Waals surface area contributed by atoms with E-state index >= 15 is 0 Å². The lowest BCUT2D eigenvalue weighted by Crippen LogP contribution is -2.18. The summed E-state index contributed by atoms with van der Waals surface area (Å²) in [7, 11) is -3.35. The normalized spacial score (nSPS) is 17.6. The Bertz CT molecular complexity index is 1160. The summed E-state index contributed by atoms with van der Waals surface area (Å²) in [6, 6.07) is 10.7. The van der Waals surface area contributed by atoms with Gasteiger partial charge >= 0.3 is 0 Å². The average molecular weight is 397 g/mol. The van der Waals surface area contributed by atoms with Gasteiger partial charge in [0.25, 0.3) is 0 Å². The molecular weight excluding hydrogens is 372 g/mol. The van der Waals surface area contributed by atoms with Gasteiger partial charge in [-0.3, -0.25) is 4.72 Å². The molecule has 1 aromatic carbocycles. The molecule has 0 spiro atoms. The molecule has 7 heteroatoms. The summed E-state index contributed by atoms with van der Waals surface area (Å²) in [5.41, 5.74) is 11.9. The van der Waals surface area contributed by atoms with Gasteiger partial charge in [0.05, 0.1) is 23.2 Å². The van der Waals surface area contributed by atoms with Crippen LogP contribution in [0.4, 0.5) is 11.5 Å². The zero-order valence-corrected chi connectivity index (χ0v) is 16.7. The number of hydrogen-bond acceptors (Lipinski definition) is 4. The predicted molar refractivity (Wildman–Crippen MR) is 113 cm³/mol. The molecule has 5 rings (SSSR count). The first-order valence-electron chi connectivity index (χ1n) is 9.78. The Kier molecular flexibility index (Phi) is 3.91. The van der Waals surface area contributed by atoms with Crippen LogP contribution in [0.2, 0.25) is 0 Å². The quantitative estimate of drug-likeness (QED) is 0.674. The number of anilines is 2. The number of hydrogen-bond donors (Lipinski definition) is 2. The number of nitrogens with two attached hydrogens (primary N) is 1. The second kappa shape index (κ2) is 6.24. The highest BCUT2D eigenvalue weighted by molar-refractivity contribution is 7.92. The van der Waals surface area contributed by atoms with Gasteiger partial charge in [-0.05, 0) is 61.8 Å². The zero-order chi connectivity index (χ0) is 19.5. The molecule has 2 fully saturated rings.